The van der Waals surface area contributed by atoms with Crippen LogP contribution in [0.25, 0.3) is 27.4 Å². The molecule has 0 radical (unpaired) electrons. The van der Waals surface area contributed by atoms with Crippen LogP contribution in [0.1, 0.15) is 61.2 Å². The number of nitrogens with zero attached hydrogens (tertiary/aromatic N) is 1. The van der Waals surface area contributed by atoms with E-state index in [1.165, 1.54) is 22.6 Å². The van der Waals surface area contributed by atoms with E-state index in [1.807, 2.05) is 13.8 Å². The highest BCUT2D eigenvalue weighted by atomic mass is 32.1. The first kappa shape index (κ1) is 25.0. The Morgan fingerprint density at radius 2 is 1.88 bits per heavy atom. The number of halogens is 1. The molecule has 1 aromatic carbocycles. The van der Waals surface area contributed by atoms with E-state index in [2.05, 4.69) is 13.8 Å². The molecule has 3 rings (SSSR count). The number of aliphatic carboxylic acids is 1. The van der Waals surface area contributed by atoms with Gasteiger partial charge in [0.05, 0.1) is 24.3 Å². The standard InChI is InChI=1S/C26H30FNO4S/c1-5-20-15(4)33-26-24(20)23(16-6-8-17(27)9-7-16)21(25(28-26)14(2)3)11-10-18(29)12-19(30)13-22(31)32/h6-11,14,18-19,29-30H,5,12-13H2,1-4H3,(H,31,32)/b11-10+. The van der Waals surface area contributed by atoms with Gasteiger partial charge in [0.25, 0.3) is 0 Å². The van der Waals surface area contributed by atoms with Gasteiger partial charge in [-0.3, -0.25) is 4.79 Å². The number of carboxylic acids is 1. The average molecular weight is 472 g/mol. The Balaban J connectivity index is 2.21. The zero-order valence-corrected chi connectivity index (χ0v) is 20.1. The number of rotatable bonds is 9. The molecule has 2 unspecified atom stereocenters. The van der Waals surface area contributed by atoms with Crippen molar-refractivity contribution in [3.05, 3.63) is 57.9 Å². The van der Waals surface area contributed by atoms with Gasteiger partial charge < -0.3 is 15.3 Å². The van der Waals surface area contributed by atoms with Crippen LogP contribution in [0.5, 0.6) is 0 Å². The number of thiophene rings is 1. The Morgan fingerprint density at radius 1 is 1.21 bits per heavy atom. The Bertz CT molecular complexity index is 1170. The molecular formula is C26H30FNO4S. The molecular weight excluding hydrogens is 441 g/mol. The topological polar surface area (TPSA) is 90.7 Å². The molecule has 0 aliphatic heterocycles. The lowest BCUT2D eigenvalue weighted by atomic mass is 9.90. The number of aryl methyl sites for hydroxylation is 2. The van der Waals surface area contributed by atoms with E-state index in [9.17, 15) is 19.4 Å². The van der Waals surface area contributed by atoms with Crippen LogP contribution in [-0.4, -0.2) is 38.5 Å². The molecule has 2 heterocycles. The first-order chi connectivity index (χ1) is 15.6. The zero-order valence-electron chi connectivity index (χ0n) is 19.3. The number of pyridine rings is 1. The first-order valence-electron chi connectivity index (χ1n) is 11.1. The zero-order chi connectivity index (χ0) is 24.3. The van der Waals surface area contributed by atoms with Gasteiger partial charge >= 0.3 is 5.97 Å². The molecule has 0 spiro atoms. The minimum absolute atomic E-state index is 0.0842. The quantitative estimate of drug-likeness (QED) is 0.373. The van der Waals surface area contributed by atoms with E-state index in [0.29, 0.717) is 0 Å². The molecule has 0 bridgehead atoms. The fraction of sp³-hybridized carbons (Fsp3) is 0.385. The summed E-state index contributed by atoms with van der Waals surface area (Å²) in [5.74, 6) is -1.34. The number of carbonyl (C=O) groups is 1. The number of benzene rings is 1. The van der Waals surface area contributed by atoms with E-state index in [0.717, 1.165) is 39.0 Å². The van der Waals surface area contributed by atoms with Gasteiger partial charge in [0.1, 0.15) is 10.6 Å². The summed E-state index contributed by atoms with van der Waals surface area (Å²) in [6.45, 7) is 8.28. The number of hydrogen-bond donors (Lipinski definition) is 3. The smallest absolute Gasteiger partial charge is 0.305 e. The van der Waals surface area contributed by atoms with E-state index >= 15 is 0 Å². The van der Waals surface area contributed by atoms with E-state index in [1.54, 1.807) is 35.6 Å². The van der Waals surface area contributed by atoms with Crippen molar-refractivity contribution in [2.75, 3.05) is 0 Å². The van der Waals surface area contributed by atoms with Crippen LogP contribution in [-0.2, 0) is 11.2 Å². The molecule has 7 heteroatoms. The molecule has 2 atom stereocenters. The Kier molecular flexibility index (Phi) is 8.00. The molecule has 0 aliphatic rings. The van der Waals surface area contributed by atoms with Gasteiger partial charge in [-0.15, -0.1) is 11.3 Å². The molecule has 3 aromatic rings. The average Bonchev–Trinajstić information content (AvgIpc) is 3.05. The summed E-state index contributed by atoms with van der Waals surface area (Å²) in [6.07, 6.45) is 1.52. The van der Waals surface area contributed by atoms with Crippen molar-refractivity contribution in [1.82, 2.24) is 4.98 Å². The molecule has 33 heavy (non-hydrogen) atoms. The molecule has 0 amide bonds. The maximum atomic E-state index is 13.7. The van der Waals surface area contributed by atoms with Crippen molar-refractivity contribution < 1.29 is 24.5 Å². The largest absolute Gasteiger partial charge is 0.481 e. The van der Waals surface area contributed by atoms with E-state index in [-0.39, 0.29) is 18.2 Å². The van der Waals surface area contributed by atoms with Crippen LogP contribution in [0.3, 0.4) is 0 Å². The van der Waals surface area contributed by atoms with Crippen LogP contribution < -0.4 is 0 Å². The molecule has 0 saturated heterocycles. The molecule has 5 nitrogen and oxygen atoms in total. The van der Waals surface area contributed by atoms with Crippen molar-refractivity contribution in [2.24, 2.45) is 0 Å². The predicted octanol–water partition coefficient (Wildman–Crippen LogP) is 5.70. The second-order valence-electron chi connectivity index (χ2n) is 8.53. The molecule has 2 aromatic heterocycles. The summed E-state index contributed by atoms with van der Waals surface area (Å²) in [5, 5.41) is 30.2. The number of aromatic nitrogens is 1. The normalized spacial score (nSPS) is 13.8. The van der Waals surface area contributed by atoms with Crippen molar-refractivity contribution in [1.29, 1.82) is 0 Å². The summed E-state index contributed by atoms with van der Waals surface area (Å²) < 4.78 is 13.7. The lowest BCUT2D eigenvalue weighted by molar-refractivity contribution is -0.139. The molecule has 3 N–H and O–H groups in total. The second-order valence-corrected chi connectivity index (χ2v) is 9.73. The number of aliphatic hydroxyl groups excluding tert-OH is 2. The minimum atomic E-state index is -1.14. The van der Waals surface area contributed by atoms with Gasteiger partial charge in [-0.2, -0.15) is 0 Å². The molecule has 0 aliphatic carbocycles. The van der Waals surface area contributed by atoms with Gasteiger partial charge in [-0.1, -0.05) is 45.1 Å². The SMILES string of the molecule is CCc1c(C)sc2nc(C(C)C)c(/C=C/C(O)CC(O)CC(=O)O)c(-c3ccc(F)cc3)c12. The van der Waals surface area contributed by atoms with Gasteiger partial charge in [-0.05, 0) is 42.5 Å². The number of fused-ring (bicyclic) bond motifs is 1. The fourth-order valence-corrected chi connectivity index (χ4v) is 5.26. The lowest BCUT2D eigenvalue weighted by Gasteiger charge is -2.18. The van der Waals surface area contributed by atoms with E-state index in [4.69, 9.17) is 10.1 Å². The summed E-state index contributed by atoms with van der Waals surface area (Å²) in [7, 11) is 0. The molecule has 176 valence electrons. The molecule has 0 saturated carbocycles. The van der Waals surface area contributed by atoms with Gasteiger partial charge in [0.2, 0.25) is 0 Å². The summed E-state index contributed by atoms with van der Waals surface area (Å²) in [5.41, 5.74) is 4.70. The van der Waals surface area contributed by atoms with Crippen LogP contribution in [0, 0.1) is 12.7 Å². The maximum absolute atomic E-state index is 13.7. The molecule has 0 fully saturated rings. The van der Waals surface area contributed by atoms with Crippen LogP contribution in [0.4, 0.5) is 4.39 Å². The monoisotopic (exact) mass is 471 g/mol. The Morgan fingerprint density at radius 3 is 2.45 bits per heavy atom. The summed E-state index contributed by atoms with van der Waals surface area (Å²) >= 11 is 1.65. The van der Waals surface area contributed by atoms with Gasteiger partial charge in [0.15, 0.2) is 0 Å². The number of carboxylic acid groups (broad SMARTS) is 1. The van der Waals surface area contributed by atoms with Crippen molar-refractivity contribution in [3.8, 4) is 11.1 Å². The third-order valence-corrected chi connectivity index (χ3v) is 6.69. The highest BCUT2D eigenvalue weighted by Crippen LogP contribution is 2.42. The van der Waals surface area contributed by atoms with Gasteiger partial charge in [0, 0.05) is 27.8 Å². The lowest BCUT2D eigenvalue weighted by Crippen LogP contribution is -2.19. The second kappa shape index (κ2) is 10.5. The fourth-order valence-electron chi connectivity index (χ4n) is 4.13. The highest BCUT2D eigenvalue weighted by Gasteiger charge is 2.22. The number of aliphatic hydroxyl groups is 2. The number of hydrogen-bond acceptors (Lipinski definition) is 5. The maximum Gasteiger partial charge on any atom is 0.305 e. The summed E-state index contributed by atoms with van der Waals surface area (Å²) in [4.78, 5) is 17.9. The van der Waals surface area contributed by atoms with Crippen molar-refractivity contribution >= 4 is 33.6 Å². The summed E-state index contributed by atoms with van der Waals surface area (Å²) in [6, 6.07) is 6.38. The predicted molar refractivity (Wildman–Crippen MR) is 131 cm³/mol. The highest BCUT2D eigenvalue weighted by molar-refractivity contribution is 7.18. The van der Waals surface area contributed by atoms with Crippen molar-refractivity contribution in [2.45, 2.75) is 65.1 Å². The van der Waals surface area contributed by atoms with Crippen LogP contribution in [0.15, 0.2) is 30.3 Å². The van der Waals surface area contributed by atoms with Crippen LogP contribution in [0.2, 0.25) is 0 Å². The van der Waals surface area contributed by atoms with Crippen molar-refractivity contribution in [3.63, 3.8) is 0 Å². The first-order valence-corrected chi connectivity index (χ1v) is 11.9. The Labute approximate surface area is 197 Å². The third-order valence-electron chi connectivity index (χ3n) is 5.65. The Hall–Kier alpha value is -2.61. The third kappa shape index (κ3) is 5.66. The van der Waals surface area contributed by atoms with Gasteiger partial charge in [-0.25, -0.2) is 9.37 Å². The minimum Gasteiger partial charge on any atom is -0.481 e. The van der Waals surface area contributed by atoms with Crippen LogP contribution >= 0.6 is 11.3 Å². The van der Waals surface area contributed by atoms with E-state index < -0.39 is 24.6 Å².